The Bertz CT molecular complexity index is 307. The van der Waals surface area contributed by atoms with Crippen molar-refractivity contribution in [2.45, 2.75) is 58.7 Å². The van der Waals surface area contributed by atoms with Gasteiger partial charge in [-0.3, -0.25) is 4.90 Å². The van der Waals surface area contributed by atoms with E-state index in [2.05, 4.69) is 35.6 Å². The predicted molar refractivity (Wildman–Crippen MR) is 78.9 cm³/mol. The zero-order chi connectivity index (χ0) is 14.5. The summed E-state index contributed by atoms with van der Waals surface area (Å²) in [5.74, 6) is 1.03. The third kappa shape index (κ3) is 5.83. The average molecular weight is 267 g/mol. The molecule has 0 aromatic carbocycles. The normalized spacial score (nSPS) is 22.1. The van der Waals surface area contributed by atoms with Gasteiger partial charge in [0.25, 0.3) is 0 Å². The zero-order valence-electron chi connectivity index (χ0n) is 12.8. The molecule has 0 amide bonds. The molecule has 1 rings (SSSR count). The van der Waals surface area contributed by atoms with Crippen LogP contribution in [0.2, 0.25) is 0 Å². The van der Waals surface area contributed by atoms with Crippen LogP contribution in [0.1, 0.15) is 47.0 Å². The summed E-state index contributed by atoms with van der Waals surface area (Å²) in [4.78, 5) is 2.23. The van der Waals surface area contributed by atoms with E-state index in [9.17, 15) is 5.11 Å². The molecule has 1 aliphatic rings. The van der Waals surface area contributed by atoms with Gasteiger partial charge in [-0.2, -0.15) is 10.2 Å². The number of rotatable bonds is 8. The molecule has 0 unspecified atom stereocenters. The van der Waals surface area contributed by atoms with E-state index < -0.39 is 5.60 Å². The van der Waals surface area contributed by atoms with Crippen molar-refractivity contribution in [1.82, 2.24) is 4.90 Å². The standard InChI is InChI=1S/C15H29N3O/c1-6-9-18-11-16-17-14(18)13(8-7-12(2)3)10-15(4,5)19/h6,12-14,19H,1,7-11H2,2-5H3/t13-,14+/m0/s1. The van der Waals surface area contributed by atoms with Crippen molar-refractivity contribution < 1.29 is 5.11 Å². The lowest BCUT2D eigenvalue weighted by Gasteiger charge is -2.32. The fourth-order valence-corrected chi connectivity index (χ4v) is 2.63. The molecule has 1 N–H and O–H groups in total. The minimum atomic E-state index is -0.653. The minimum Gasteiger partial charge on any atom is -0.390 e. The molecule has 0 bridgehead atoms. The second-order valence-corrected chi connectivity index (χ2v) is 6.62. The summed E-state index contributed by atoms with van der Waals surface area (Å²) in [5, 5.41) is 18.7. The highest BCUT2D eigenvalue weighted by Gasteiger charge is 2.33. The maximum Gasteiger partial charge on any atom is 0.128 e. The van der Waals surface area contributed by atoms with Crippen LogP contribution in [0.3, 0.4) is 0 Å². The van der Waals surface area contributed by atoms with Crippen LogP contribution >= 0.6 is 0 Å². The first kappa shape index (κ1) is 16.3. The van der Waals surface area contributed by atoms with E-state index in [1.54, 1.807) is 0 Å². The first-order chi connectivity index (χ1) is 8.83. The molecule has 0 aromatic heterocycles. The molecule has 4 heteroatoms. The molecular formula is C15H29N3O. The summed E-state index contributed by atoms with van der Waals surface area (Å²) < 4.78 is 0. The van der Waals surface area contributed by atoms with Gasteiger partial charge < -0.3 is 5.11 Å². The lowest BCUT2D eigenvalue weighted by molar-refractivity contribution is 0.0314. The Hall–Kier alpha value is -0.740. The van der Waals surface area contributed by atoms with Crippen LogP contribution in [0, 0.1) is 11.8 Å². The van der Waals surface area contributed by atoms with E-state index in [4.69, 9.17) is 0 Å². The highest BCUT2D eigenvalue weighted by atomic mass is 16.3. The van der Waals surface area contributed by atoms with Crippen LogP contribution in [-0.4, -0.2) is 35.0 Å². The van der Waals surface area contributed by atoms with Crippen molar-refractivity contribution in [3.63, 3.8) is 0 Å². The van der Waals surface area contributed by atoms with Gasteiger partial charge >= 0.3 is 0 Å². The number of aliphatic hydroxyl groups is 1. The molecule has 0 radical (unpaired) electrons. The summed E-state index contributed by atoms with van der Waals surface area (Å²) in [6, 6.07) is 0. The van der Waals surface area contributed by atoms with Crippen molar-refractivity contribution in [1.29, 1.82) is 0 Å². The first-order valence-corrected chi connectivity index (χ1v) is 7.27. The lowest BCUT2D eigenvalue weighted by atomic mass is 9.86. The van der Waals surface area contributed by atoms with Crippen LogP contribution in [0.25, 0.3) is 0 Å². The van der Waals surface area contributed by atoms with Gasteiger partial charge in [0.15, 0.2) is 0 Å². The fraction of sp³-hybridized carbons (Fsp3) is 0.867. The van der Waals surface area contributed by atoms with Crippen molar-refractivity contribution in [3.05, 3.63) is 12.7 Å². The Morgan fingerprint density at radius 1 is 1.42 bits per heavy atom. The quantitative estimate of drug-likeness (QED) is 0.685. The van der Waals surface area contributed by atoms with Crippen molar-refractivity contribution in [2.24, 2.45) is 22.1 Å². The summed E-state index contributed by atoms with van der Waals surface area (Å²) in [7, 11) is 0. The molecule has 0 saturated carbocycles. The molecule has 110 valence electrons. The van der Waals surface area contributed by atoms with Gasteiger partial charge in [-0.05, 0) is 38.5 Å². The van der Waals surface area contributed by atoms with Crippen molar-refractivity contribution >= 4 is 0 Å². The molecule has 0 spiro atoms. The molecule has 19 heavy (non-hydrogen) atoms. The molecular weight excluding hydrogens is 238 g/mol. The Labute approximate surface area is 117 Å². The van der Waals surface area contributed by atoms with E-state index in [1.807, 2.05) is 19.9 Å². The van der Waals surface area contributed by atoms with Crippen LogP contribution in [0.4, 0.5) is 0 Å². The monoisotopic (exact) mass is 267 g/mol. The van der Waals surface area contributed by atoms with Crippen LogP contribution in [0.15, 0.2) is 22.9 Å². The summed E-state index contributed by atoms with van der Waals surface area (Å²) in [5.41, 5.74) is -0.653. The minimum absolute atomic E-state index is 0.100. The zero-order valence-corrected chi connectivity index (χ0v) is 12.8. The van der Waals surface area contributed by atoms with E-state index >= 15 is 0 Å². The molecule has 4 nitrogen and oxygen atoms in total. The number of hydrogen-bond donors (Lipinski definition) is 1. The molecule has 1 heterocycles. The number of azo groups is 1. The topological polar surface area (TPSA) is 48.2 Å². The van der Waals surface area contributed by atoms with Gasteiger partial charge in [0.1, 0.15) is 12.8 Å². The predicted octanol–water partition coefficient (Wildman–Crippen LogP) is 3.44. The van der Waals surface area contributed by atoms with E-state index in [0.717, 1.165) is 25.8 Å². The second-order valence-electron chi connectivity index (χ2n) is 6.62. The smallest absolute Gasteiger partial charge is 0.128 e. The van der Waals surface area contributed by atoms with Gasteiger partial charge in [0, 0.05) is 6.54 Å². The van der Waals surface area contributed by atoms with Crippen LogP contribution in [-0.2, 0) is 0 Å². The van der Waals surface area contributed by atoms with Gasteiger partial charge in [-0.1, -0.05) is 26.3 Å². The SMILES string of the molecule is C=CCN1CN=N[C@H]1[C@@H](CCC(C)C)CC(C)(C)O. The Morgan fingerprint density at radius 2 is 2.11 bits per heavy atom. The third-order valence-corrected chi connectivity index (χ3v) is 3.48. The van der Waals surface area contributed by atoms with Crippen LogP contribution in [0.5, 0.6) is 0 Å². The summed E-state index contributed by atoms with van der Waals surface area (Å²) in [6.07, 6.45) is 5.00. The summed E-state index contributed by atoms with van der Waals surface area (Å²) in [6.45, 7) is 13.5. The molecule has 0 saturated heterocycles. The van der Waals surface area contributed by atoms with Gasteiger partial charge in [-0.15, -0.1) is 6.58 Å². The number of nitrogens with zero attached hydrogens (tertiary/aromatic N) is 3. The largest absolute Gasteiger partial charge is 0.390 e. The second kappa shape index (κ2) is 7.15. The van der Waals surface area contributed by atoms with Crippen molar-refractivity contribution in [2.75, 3.05) is 13.2 Å². The van der Waals surface area contributed by atoms with Crippen LogP contribution < -0.4 is 0 Å². The Kier molecular flexibility index (Phi) is 6.14. The first-order valence-electron chi connectivity index (χ1n) is 7.27. The Balaban J connectivity index is 2.70. The highest BCUT2D eigenvalue weighted by molar-refractivity contribution is 4.87. The third-order valence-electron chi connectivity index (χ3n) is 3.48. The molecule has 1 aliphatic heterocycles. The highest BCUT2D eigenvalue weighted by Crippen LogP contribution is 2.30. The lowest BCUT2D eigenvalue weighted by Crippen LogP contribution is -2.39. The fourth-order valence-electron chi connectivity index (χ4n) is 2.63. The maximum absolute atomic E-state index is 10.1. The van der Waals surface area contributed by atoms with Gasteiger partial charge in [-0.25, -0.2) is 0 Å². The molecule has 0 aliphatic carbocycles. The molecule has 0 aromatic rings. The van der Waals surface area contributed by atoms with E-state index in [0.29, 0.717) is 18.5 Å². The van der Waals surface area contributed by atoms with Crippen molar-refractivity contribution in [3.8, 4) is 0 Å². The molecule has 2 atom stereocenters. The Morgan fingerprint density at radius 3 is 2.63 bits per heavy atom. The van der Waals surface area contributed by atoms with Gasteiger partial charge in [0.05, 0.1) is 5.60 Å². The number of hydrogen-bond acceptors (Lipinski definition) is 4. The average Bonchev–Trinajstić information content (AvgIpc) is 2.71. The van der Waals surface area contributed by atoms with E-state index in [1.165, 1.54) is 0 Å². The molecule has 0 fully saturated rings. The van der Waals surface area contributed by atoms with E-state index in [-0.39, 0.29) is 6.17 Å². The van der Waals surface area contributed by atoms with Gasteiger partial charge in [0.2, 0.25) is 0 Å². The maximum atomic E-state index is 10.1. The summed E-state index contributed by atoms with van der Waals surface area (Å²) >= 11 is 0.